The van der Waals surface area contributed by atoms with Crippen molar-refractivity contribution in [2.24, 2.45) is 7.05 Å². The van der Waals surface area contributed by atoms with E-state index in [0.29, 0.717) is 66.4 Å². The van der Waals surface area contributed by atoms with Crippen molar-refractivity contribution >= 4 is 40.2 Å². The first-order valence-corrected chi connectivity index (χ1v) is 14.0. The maximum atomic E-state index is 14.1. The van der Waals surface area contributed by atoms with Gasteiger partial charge in [0, 0.05) is 51.9 Å². The Kier molecular flexibility index (Phi) is 11.8. The van der Waals surface area contributed by atoms with Gasteiger partial charge < -0.3 is 25.8 Å². The molecular formula is C30H40FN9O2. The molecule has 2 amide bonds. The zero-order valence-corrected chi connectivity index (χ0v) is 25.2. The second-order valence-corrected chi connectivity index (χ2v) is 10.1. The molecule has 3 aromatic rings. The first-order chi connectivity index (χ1) is 20.1. The zero-order chi connectivity index (χ0) is 30.6. The van der Waals surface area contributed by atoms with Crippen LogP contribution in [0.1, 0.15) is 38.7 Å². The molecule has 0 aliphatic heterocycles. The number of aromatic nitrogens is 4. The number of hydrogen-bond donors (Lipinski definition) is 3. The fraction of sp³-hybridized carbons (Fsp3) is 0.433. The summed E-state index contributed by atoms with van der Waals surface area (Å²) in [6.07, 6.45) is 7.01. The van der Waals surface area contributed by atoms with Gasteiger partial charge in [0.15, 0.2) is 0 Å². The zero-order valence-electron chi connectivity index (χ0n) is 25.2. The first kappa shape index (κ1) is 32.0. The number of amides is 2. The number of hydrogen-bond acceptors (Lipinski definition) is 8. The van der Waals surface area contributed by atoms with Gasteiger partial charge in [0.1, 0.15) is 11.9 Å². The average Bonchev–Trinajstić information content (AvgIpc) is 3.25. The largest absolute Gasteiger partial charge is 0.369 e. The summed E-state index contributed by atoms with van der Waals surface area (Å²) in [5, 5.41) is 13.5. The van der Waals surface area contributed by atoms with E-state index in [-0.39, 0.29) is 11.8 Å². The van der Waals surface area contributed by atoms with Crippen molar-refractivity contribution < 1.29 is 14.0 Å². The Labute approximate surface area is 246 Å². The number of halogens is 1. The van der Waals surface area contributed by atoms with Crippen LogP contribution in [0.5, 0.6) is 0 Å². The molecule has 0 fully saturated rings. The third kappa shape index (κ3) is 9.01. The number of unbranched alkanes of at least 4 members (excludes halogenated alkanes) is 1. The molecule has 224 valence electrons. The Bertz CT molecular complexity index is 1470. The number of nitrogens with zero attached hydrogens (tertiary/aromatic N) is 6. The van der Waals surface area contributed by atoms with Gasteiger partial charge in [-0.05, 0) is 52.1 Å². The predicted octanol–water partition coefficient (Wildman–Crippen LogP) is 3.28. The molecule has 3 N–H and O–H groups in total. The molecule has 2 heterocycles. The Balaban J connectivity index is 1.54. The van der Waals surface area contributed by atoms with E-state index in [1.807, 2.05) is 25.1 Å². The summed E-state index contributed by atoms with van der Waals surface area (Å²) in [5.74, 6) is 6.23. The van der Waals surface area contributed by atoms with Crippen LogP contribution in [-0.2, 0) is 16.6 Å². The fourth-order valence-corrected chi connectivity index (χ4v) is 3.88. The van der Waals surface area contributed by atoms with Gasteiger partial charge in [0.2, 0.25) is 23.7 Å². The highest BCUT2D eigenvalue weighted by molar-refractivity contribution is 5.92. The predicted molar refractivity (Wildman–Crippen MR) is 164 cm³/mol. The van der Waals surface area contributed by atoms with E-state index in [4.69, 9.17) is 0 Å². The van der Waals surface area contributed by atoms with Crippen LogP contribution in [0, 0.1) is 17.8 Å². The number of nitrogens with one attached hydrogen (secondary N) is 3. The summed E-state index contributed by atoms with van der Waals surface area (Å²) in [6, 6.07) is 4.69. The Morgan fingerprint density at radius 3 is 2.74 bits per heavy atom. The van der Waals surface area contributed by atoms with Crippen molar-refractivity contribution in [3.05, 3.63) is 48.1 Å². The molecule has 2 aromatic heterocycles. The number of carbonyl (C=O) groups excluding carboxylic acids is 2. The lowest BCUT2D eigenvalue weighted by atomic mass is 10.2. The van der Waals surface area contributed by atoms with Crippen LogP contribution in [0.2, 0.25) is 0 Å². The Hall–Kier alpha value is -4.50. The van der Waals surface area contributed by atoms with Crippen molar-refractivity contribution in [1.29, 1.82) is 0 Å². The summed E-state index contributed by atoms with van der Waals surface area (Å²) >= 11 is 0. The lowest BCUT2D eigenvalue weighted by Crippen LogP contribution is -2.45. The SMILES string of the molecule is CCCNc1nc(Nc2ccc3c(c2)c(F)nn3C)ncc1C#CCCCNC(=O)[C@H](C)N(C)C(=O)C=CCN(C)C. The second-order valence-electron chi connectivity index (χ2n) is 10.1. The second kappa shape index (κ2) is 15.5. The van der Waals surface area contributed by atoms with E-state index in [1.165, 1.54) is 15.7 Å². The number of benzene rings is 1. The minimum Gasteiger partial charge on any atom is -0.369 e. The van der Waals surface area contributed by atoms with Gasteiger partial charge in [-0.25, -0.2) is 4.98 Å². The molecular weight excluding hydrogens is 537 g/mol. The highest BCUT2D eigenvalue weighted by Gasteiger charge is 2.20. The molecule has 0 bridgehead atoms. The van der Waals surface area contributed by atoms with Crippen molar-refractivity contribution in [3.8, 4) is 11.8 Å². The van der Waals surface area contributed by atoms with Gasteiger partial charge in [0.05, 0.1) is 22.7 Å². The van der Waals surface area contributed by atoms with Crippen molar-refractivity contribution in [2.45, 2.75) is 39.2 Å². The number of carbonyl (C=O) groups is 2. The Morgan fingerprint density at radius 1 is 1.21 bits per heavy atom. The van der Waals surface area contributed by atoms with Crippen molar-refractivity contribution in [1.82, 2.24) is 34.9 Å². The molecule has 1 aromatic carbocycles. The normalized spacial score (nSPS) is 11.8. The van der Waals surface area contributed by atoms with Gasteiger partial charge >= 0.3 is 0 Å². The maximum absolute atomic E-state index is 14.1. The molecule has 0 spiro atoms. The molecule has 42 heavy (non-hydrogen) atoms. The van der Waals surface area contributed by atoms with E-state index in [2.05, 4.69) is 49.8 Å². The van der Waals surface area contributed by atoms with E-state index in [9.17, 15) is 14.0 Å². The van der Waals surface area contributed by atoms with Gasteiger partial charge in [-0.1, -0.05) is 24.8 Å². The van der Waals surface area contributed by atoms with Crippen molar-refractivity contribution in [2.75, 3.05) is 51.4 Å². The van der Waals surface area contributed by atoms with Crippen LogP contribution in [0.3, 0.4) is 0 Å². The standard InChI is InChI=1S/C30H40FN9O2/c1-7-16-32-28-22(20-34-30(36-28)35-23-14-15-25-24(19-23)27(31)37-40(25)6)12-9-8-10-17-33-29(42)21(2)39(5)26(41)13-11-18-38(3)4/h11,13-15,19-21H,7-8,10,16-18H2,1-6H3,(H,33,42)(H2,32,34,35,36)/t21-/m0/s1. The number of aryl methyl sites for hydroxylation is 1. The van der Waals surface area contributed by atoms with Gasteiger partial charge in [-0.15, -0.1) is 5.10 Å². The van der Waals surface area contributed by atoms with Gasteiger partial charge in [0.25, 0.3) is 0 Å². The summed E-state index contributed by atoms with van der Waals surface area (Å²) in [5.41, 5.74) is 1.99. The quantitative estimate of drug-likeness (QED) is 0.161. The lowest BCUT2D eigenvalue weighted by molar-refractivity contribution is -0.135. The molecule has 0 aliphatic carbocycles. The number of anilines is 3. The van der Waals surface area contributed by atoms with Gasteiger partial charge in [-0.2, -0.15) is 9.37 Å². The van der Waals surface area contributed by atoms with Crippen LogP contribution in [0.15, 0.2) is 36.5 Å². The van der Waals surface area contributed by atoms with E-state index < -0.39 is 12.0 Å². The molecule has 0 saturated carbocycles. The van der Waals surface area contributed by atoms with Gasteiger partial charge in [-0.3, -0.25) is 14.3 Å². The average molecular weight is 578 g/mol. The lowest BCUT2D eigenvalue weighted by Gasteiger charge is -2.23. The summed E-state index contributed by atoms with van der Waals surface area (Å²) in [7, 11) is 7.14. The fourth-order valence-electron chi connectivity index (χ4n) is 3.88. The molecule has 1 atom stereocenters. The first-order valence-electron chi connectivity index (χ1n) is 14.0. The summed E-state index contributed by atoms with van der Waals surface area (Å²) < 4.78 is 15.6. The smallest absolute Gasteiger partial charge is 0.246 e. The summed E-state index contributed by atoms with van der Waals surface area (Å²) in [4.78, 5) is 37.1. The number of rotatable bonds is 13. The molecule has 0 saturated heterocycles. The van der Waals surface area contributed by atoms with Crippen LogP contribution in [-0.4, -0.2) is 88.2 Å². The van der Waals surface area contributed by atoms with Crippen LogP contribution < -0.4 is 16.0 Å². The van der Waals surface area contributed by atoms with Crippen LogP contribution in [0.25, 0.3) is 10.9 Å². The van der Waals surface area contributed by atoms with E-state index in [0.717, 1.165) is 6.42 Å². The summed E-state index contributed by atoms with van der Waals surface area (Å²) in [6.45, 7) is 5.56. The third-order valence-corrected chi connectivity index (χ3v) is 6.43. The van der Waals surface area contributed by atoms with E-state index in [1.54, 1.807) is 45.4 Å². The topological polar surface area (TPSA) is 120 Å². The highest BCUT2D eigenvalue weighted by atomic mass is 19.1. The molecule has 3 rings (SSSR count). The third-order valence-electron chi connectivity index (χ3n) is 6.43. The van der Waals surface area contributed by atoms with Crippen molar-refractivity contribution in [3.63, 3.8) is 0 Å². The molecule has 0 aliphatic rings. The molecule has 0 radical (unpaired) electrons. The maximum Gasteiger partial charge on any atom is 0.246 e. The number of likely N-dealkylation sites (N-methyl/N-ethyl adjacent to an activating group) is 2. The Morgan fingerprint density at radius 2 is 2.00 bits per heavy atom. The minimum atomic E-state index is -0.589. The minimum absolute atomic E-state index is 0.215. The molecule has 12 heteroatoms. The highest BCUT2D eigenvalue weighted by Crippen LogP contribution is 2.23. The molecule has 11 nitrogen and oxygen atoms in total. The van der Waals surface area contributed by atoms with Crippen LogP contribution >= 0.6 is 0 Å². The number of fused-ring (bicyclic) bond motifs is 1. The monoisotopic (exact) mass is 577 g/mol. The van der Waals surface area contributed by atoms with Crippen LogP contribution in [0.4, 0.5) is 21.8 Å². The van der Waals surface area contributed by atoms with E-state index >= 15 is 0 Å². The molecule has 0 unspecified atom stereocenters.